The van der Waals surface area contributed by atoms with Gasteiger partial charge in [0.05, 0.1) is 25.9 Å². The van der Waals surface area contributed by atoms with Gasteiger partial charge in [0, 0.05) is 18.3 Å². The van der Waals surface area contributed by atoms with Crippen LogP contribution >= 0.6 is 0 Å². The number of imidazole rings is 1. The molecule has 9 N–H and O–H groups in total. The lowest BCUT2D eigenvalue weighted by Crippen LogP contribution is -2.54. The summed E-state index contributed by atoms with van der Waals surface area (Å²) < 4.78 is 0. The molecule has 1 aromatic heterocycles. The van der Waals surface area contributed by atoms with Crippen LogP contribution in [-0.4, -0.2) is 86.2 Å². The standard InChI is InChI=1S/C15H22N6O8/c16-8(5-22)13(26)21-9(2-12(24)25)14(27)18-4-11(23)20-10(15(28)29)1-7-3-17-6-19-7/h3,6,8-10,22H,1-2,4-5,16H2,(H,17,19)(H,18,27)(H,20,23)(H,21,26)(H,24,25)(H,28,29). The fraction of sp³-hybridized carbons (Fsp3) is 0.467. The number of aliphatic carboxylic acids is 2. The first kappa shape index (κ1) is 23.5. The van der Waals surface area contributed by atoms with Crippen LogP contribution in [0, 0.1) is 0 Å². The summed E-state index contributed by atoms with van der Waals surface area (Å²) in [6, 6.07) is -4.20. The molecule has 0 saturated carbocycles. The van der Waals surface area contributed by atoms with Crippen LogP contribution in [0.2, 0.25) is 0 Å². The maximum atomic E-state index is 12.1. The molecule has 0 saturated heterocycles. The number of aromatic nitrogens is 2. The van der Waals surface area contributed by atoms with Crippen molar-refractivity contribution >= 4 is 29.7 Å². The van der Waals surface area contributed by atoms with E-state index in [0.29, 0.717) is 5.69 Å². The van der Waals surface area contributed by atoms with Crippen molar-refractivity contribution in [1.29, 1.82) is 0 Å². The number of amides is 3. The van der Waals surface area contributed by atoms with Gasteiger partial charge in [0.25, 0.3) is 0 Å². The molecule has 0 aromatic carbocycles. The summed E-state index contributed by atoms with van der Waals surface area (Å²) in [7, 11) is 0. The van der Waals surface area contributed by atoms with Gasteiger partial charge in [-0.25, -0.2) is 9.78 Å². The lowest BCUT2D eigenvalue weighted by molar-refractivity contribution is -0.142. The predicted molar refractivity (Wildman–Crippen MR) is 94.1 cm³/mol. The smallest absolute Gasteiger partial charge is 0.326 e. The van der Waals surface area contributed by atoms with Crippen LogP contribution in [-0.2, 0) is 30.4 Å². The molecule has 0 aliphatic carbocycles. The maximum Gasteiger partial charge on any atom is 0.326 e. The Labute approximate surface area is 163 Å². The molecule has 14 heteroatoms. The highest BCUT2D eigenvalue weighted by atomic mass is 16.4. The van der Waals surface area contributed by atoms with Gasteiger partial charge in [-0.15, -0.1) is 0 Å². The number of hydrogen-bond donors (Lipinski definition) is 8. The van der Waals surface area contributed by atoms with Crippen molar-refractivity contribution in [2.24, 2.45) is 5.73 Å². The number of nitrogens with two attached hydrogens (primary N) is 1. The second-order valence-corrected chi connectivity index (χ2v) is 5.91. The molecule has 0 bridgehead atoms. The van der Waals surface area contributed by atoms with E-state index in [4.69, 9.17) is 15.9 Å². The first-order valence-corrected chi connectivity index (χ1v) is 8.29. The second kappa shape index (κ2) is 11.4. The summed E-state index contributed by atoms with van der Waals surface area (Å²) in [5, 5.41) is 33.2. The lowest BCUT2D eigenvalue weighted by Gasteiger charge is -2.19. The highest BCUT2D eigenvalue weighted by molar-refractivity contribution is 5.94. The molecule has 1 heterocycles. The minimum atomic E-state index is -1.55. The number of aliphatic hydroxyl groups excluding tert-OH is 1. The number of carboxylic acid groups (broad SMARTS) is 2. The molecule has 1 rings (SSSR count). The Morgan fingerprint density at radius 3 is 2.31 bits per heavy atom. The van der Waals surface area contributed by atoms with Gasteiger partial charge in [0.15, 0.2) is 0 Å². The molecule has 14 nitrogen and oxygen atoms in total. The van der Waals surface area contributed by atoms with Crippen LogP contribution in [0.5, 0.6) is 0 Å². The number of H-pyrrole nitrogens is 1. The predicted octanol–water partition coefficient (Wildman–Crippen LogP) is -4.08. The number of nitrogens with one attached hydrogen (secondary N) is 4. The topological polar surface area (TPSA) is 237 Å². The molecule has 0 spiro atoms. The number of carbonyl (C=O) groups is 5. The molecular formula is C15H22N6O8. The Bertz CT molecular complexity index is 737. The summed E-state index contributed by atoms with van der Waals surface area (Å²) in [6.45, 7) is -1.38. The Balaban J connectivity index is 2.62. The average Bonchev–Trinajstić information content (AvgIpc) is 3.16. The van der Waals surface area contributed by atoms with E-state index in [0.717, 1.165) is 0 Å². The third-order valence-electron chi connectivity index (χ3n) is 3.58. The minimum absolute atomic E-state index is 0.0776. The Morgan fingerprint density at radius 2 is 1.79 bits per heavy atom. The van der Waals surface area contributed by atoms with E-state index in [2.05, 4.69) is 25.9 Å². The average molecular weight is 414 g/mol. The number of carboxylic acids is 2. The summed E-state index contributed by atoms with van der Waals surface area (Å²) in [5.74, 6) is -5.52. The Kier molecular flexibility index (Phi) is 9.21. The SMILES string of the molecule is NC(CO)C(=O)NC(CC(=O)O)C(=O)NCC(=O)NC(Cc1cnc[nH]1)C(=O)O. The number of aliphatic hydroxyl groups is 1. The third-order valence-corrected chi connectivity index (χ3v) is 3.58. The van der Waals surface area contributed by atoms with E-state index in [9.17, 15) is 29.1 Å². The largest absolute Gasteiger partial charge is 0.481 e. The number of aromatic amines is 1. The molecule has 3 amide bonds. The zero-order chi connectivity index (χ0) is 22.0. The summed E-state index contributed by atoms with van der Waals surface area (Å²) in [5.41, 5.74) is 5.75. The van der Waals surface area contributed by atoms with Gasteiger partial charge < -0.3 is 42.0 Å². The van der Waals surface area contributed by atoms with Gasteiger partial charge in [0.2, 0.25) is 17.7 Å². The molecule has 1 aromatic rings. The number of carbonyl (C=O) groups excluding carboxylic acids is 3. The monoisotopic (exact) mass is 414 g/mol. The van der Waals surface area contributed by atoms with E-state index >= 15 is 0 Å². The fourth-order valence-electron chi connectivity index (χ4n) is 2.10. The van der Waals surface area contributed by atoms with Crippen LogP contribution in [0.4, 0.5) is 0 Å². The van der Waals surface area contributed by atoms with Crippen LogP contribution in [0.25, 0.3) is 0 Å². The van der Waals surface area contributed by atoms with Gasteiger partial charge in [-0.1, -0.05) is 0 Å². The molecule has 3 unspecified atom stereocenters. The van der Waals surface area contributed by atoms with Crippen molar-refractivity contribution in [2.45, 2.75) is 31.0 Å². The fourth-order valence-corrected chi connectivity index (χ4v) is 2.10. The van der Waals surface area contributed by atoms with Crippen LogP contribution < -0.4 is 21.7 Å². The Morgan fingerprint density at radius 1 is 1.10 bits per heavy atom. The molecule has 0 aliphatic heterocycles. The lowest BCUT2D eigenvalue weighted by atomic mass is 10.1. The first-order valence-electron chi connectivity index (χ1n) is 8.29. The molecule has 0 aliphatic rings. The molecule has 3 atom stereocenters. The van der Waals surface area contributed by atoms with Crippen molar-refractivity contribution in [3.8, 4) is 0 Å². The van der Waals surface area contributed by atoms with Crippen molar-refractivity contribution in [2.75, 3.05) is 13.2 Å². The maximum absolute atomic E-state index is 12.1. The molecule has 0 radical (unpaired) electrons. The van der Waals surface area contributed by atoms with E-state index in [1.165, 1.54) is 12.5 Å². The van der Waals surface area contributed by atoms with Crippen LogP contribution in [0.15, 0.2) is 12.5 Å². The zero-order valence-electron chi connectivity index (χ0n) is 15.1. The van der Waals surface area contributed by atoms with E-state index in [1.807, 2.05) is 0 Å². The van der Waals surface area contributed by atoms with Crippen molar-refractivity contribution < 1.29 is 39.3 Å². The van der Waals surface area contributed by atoms with E-state index in [-0.39, 0.29) is 6.42 Å². The van der Waals surface area contributed by atoms with Gasteiger partial charge in [-0.3, -0.25) is 19.2 Å². The van der Waals surface area contributed by atoms with Crippen molar-refractivity contribution in [3.05, 3.63) is 18.2 Å². The van der Waals surface area contributed by atoms with E-state index < -0.39 is 67.4 Å². The summed E-state index contributed by atoms with van der Waals surface area (Å²) >= 11 is 0. The summed E-state index contributed by atoms with van der Waals surface area (Å²) in [4.78, 5) is 64.3. The minimum Gasteiger partial charge on any atom is -0.481 e. The van der Waals surface area contributed by atoms with E-state index in [1.54, 1.807) is 0 Å². The quantitative estimate of drug-likeness (QED) is 0.164. The number of nitrogens with zero attached hydrogens (tertiary/aromatic N) is 1. The highest BCUT2D eigenvalue weighted by Crippen LogP contribution is 1.99. The Hall–Kier alpha value is -3.52. The van der Waals surface area contributed by atoms with Gasteiger partial charge in [-0.2, -0.15) is 0 Å². The molecule has 0 fully saturated rings. The van der Waals surface area contributed by atoms with Gasteiger partial charge >= 0.3 is 11.9 Å². The number of hydrogen-bond acceptors (Lipinski definition) is 8. The van der Waals surface area contributed by atoms with Gasteiger partial charge in [-0.05, 0) is 0 Å². The highest BCUT2D eigenvalue weighted by Gasteiger charge is 2.27. The second-order valence-electron chi connectivity index (χ2n) is 5.91. The van der Waals surface area contributed by atoms with Crippen molar-refractivity contribution in [3.63, 3.8) is 0 Å². The molecular weight excluding hydrogens is 392 g/mol. The van der Waals surface area contributed by atoms with Crippen molar-refractivity contribution in [1.82, 2.24) is 25.9 Å². The van der Waals surface area contributed by atoms with Gasteiger partial charge in [0.1, 0.15) is 18.1 Å². The van der Waals surface area contributed by atoms with Crippen LogP contribution in [0.3, 0.4) is 0 Å². The normalized spacial score (nSPS) is 13.6. The third kappa shape index (κ3) is 8.35. The molecule has 160 valence electrons. The summed E-state index contributed by atoms with van der Waals surface area (Å²) in [6.07, 6.45) is 1.86. The number of rotatable bonds is 12. The first-order chi connectivity index (χ1) is 13.6. The molecule has 29 heavy (non-hydrogen) atoms. The van der Waals surface area contributed by atoms with Crippen LogP contribution in [0.1, 0.15) is 12.1 Å². The zero-order valence-corrected chi connectivity index (χ0v) is 15.1.